The van der Waals surface area contributed by atoms with E-state index in [9.17, 15) is 4.79 Å². The van der Waals surface area contributed by atoms with E-state index >= 15 is 0 Å². The van der Waals surface area contributed by atoms with Gasteiger partial charge in [-0.25, -0.2) is 4.79 Å². The Bertz CT molecular complexity index is 702. The fraction of sp³-hybridized carbons (Fsp3) is 0.133. The fourth-order valence-electron chi connectivity index (χ4n) is 2.03. The van der Waals surface area contributed by atoms with Gasteiger partial charge in [-0.15, -0.1) is 0 Å². The Morgan fingerprint density at radius 1 is 1.14 bits per heavy atom. The zero-order valence-electron chi connectivity index (χ0n) is 11.0. The maximum Gasteiger partial charge on any atom is 0.337 e. The lowest BCUT2D eigenvalue weighted by molar-refractivity contribution is 0.0698. The number of rotatable bonds is 3. The maximum atomic E-state index is 11.1. The number of nitrogen functional groups attached to an aromatic ring is 1. The number of carbonyl (C=O) groups is 1. The molecule has 1 aliphatic heterocycles. The van der Waals surface area contributed by atoms with E-state index in [1.807, 2.05) is 18.2 Å². The molecule has 1 aliphatic rings. The van der Waals surface area contributed by atoms with Gasteiger partial charge in [-0.3, -0.25) is 0 Å². The summed E-state index contributed by atoms with van der Waals surface area (Å²) in [4.78, 5) is 12.7. The molecule has 0 unspecified atom stereocenters. The quantitative estimate of drug-likeness (QED) is 0.849. The molecule has 21 heavy (non-hydrogen) atoms. The number of benzene rings is 2. The van der Waals surface area contributed by atoms with E-state index in [0.29, 0.717) is 23.9 Å². The van der Waals surface area contributed by atoms with Crippen LogP contribution >= 0.6 is 11.8 Å². The van der Waals surface area contributed by atoms with Crippen LogP contribution in [0, 0.1) is 0 Å². The van der Waals surface area contributed by atoms with Crippen molar-refractivity contribution in [2.24, 2.45) is 0 Å². The first-order valence-corrected chi connectivity index (χ1v) is 7.16. The molecule has 2 aromatic carbocycles. The number of carboxylic acid groups (broad SMARTS) is 1. The fourth-order valence-corrected chi connectivity index (χ4v) is 2.96. The lowest BCUT2D eigenvalue weighted by atomic mass is 10.2. The number of fused-ring (bicyclic) bond motifs is 1. The van der Waals surface area contributed by atoms with E-state index in [1.165, 1.54) is 17.8 Å². The van der Waals surface area contributed by atoms with Crippen molar-refractivity contribution in [3.63, 3.8) is 0 Å². The Morgan fingerprint density at radius 3 is 2.67 bits per heavy atom. The van der Waals surface area contributed by atoms with Crippen molar-refractivity contribution in [3.8, 4) is 11.5 Å². The summed E-state index contributed by atoms with van der Waals surface area (Å²) in [5.74, 6) is 0.384. The zero-order chi connectivity index (χ0) is 14.8. The molecule has 0 spiro atoms. The molecule has 0 saturated carbocycles. The molecule has 0 aromatic heterocycles. The van der Waals surface area contributed by atoms with Crippen LogP contribution in [0.5, 0.6) is 11.5 Å². The first kappa shape index (κ1) is 13.6. The summed E-state index contributed by atoms with van der Waals surface area (Å²) < 4.78 is 11.0. The first-order chi connectivity index (χ1) is 10.1. The second kappa shape index (κ2) is 5.57. The number of carboxylic acids is 1. The molecule has 0 aliphatic carbocycles. The van der Waals surface area contributed by atoms with Gasteiger partial charge in [0.2, 0.25) is 0 Å². The average molecular weight is 303 g/mol. The minimum atomic E-state index is -1.03. The van der Waals surface area contributed by atoms with Crippen molar-refractivity contribution in [1.82, 2.24) is 0 Å². The van der Waals surface area contributed by atoms with Crippen molar-refractivity contribution in [1.29, 1.82) is 0 Å². The van der Waals surface area contributed by atoms with Crippen molar-refractivity contribution in [2.75, 3.05) is 18.9 Å². The van der Waals surface area contributed by atoms with E-state index in [2.05, 4.69) is 0 Å². The third-order valence-electron chi connectivity index (χ3n) is 3.04. The minimum absolute atomic E-state index is 0.109. The van der Waals surface area contributed by atoms with Gasteiger partial charge < -0.3 is 20.3 Å². The lowest BCUT2D eigenvalue weighted by Crippen LogP contribution is -2.15. The van der Waals surface area contributed by atoms with Crippen molar-refractivity contribution in [3.05, 3.63) is 42.0 Å². The molecule has 0 saturated heterocycles. The summed E-state index contributed by atoms with van der Waals surface area (Å²) in [7, 11) is 0. The molecule has 0 amide bonds. The average Bonchev–Trinajstić information content (AvgIpc) is 2.49. The Labute approximate surface area is 125 Å². The SMILES string of the molecule is Nc1c(Sc2ccc3c(c2)OCCO3)cccc1C(=O)O. The maximum absolute atomic E-state index is 11.1. The van der Waals surface area contributed by atoms with Gasteiger partial charge >= 0.3 is 5.97 Å². The van der Waals surface area contributed by atoms with Gasteiger partial charge in [0.25, 0.3) is 0 Å². The molecule has 0 bridgehead atoms. The molecule has 2 aromatic rings. The molecule has 0 fully saturated rings. The highest BCUT2D eigenvalue weighted by molar-refractivity contribution is 7.99. The minimum Gasteiger partial charge on any atom is -0.486 e. The highest BCUT2D eigenvalue weighted by atomic mass is 32.2. The molecule has 3 rings (SSSR count). The molecular weight excluding hydrogens is 290 g/mol. The Balaban J connectivity index is 1.90. The monoisotopic (exact) mass is 303 g/mol. The number of hydrogen-bond acceptors (Lipinski definition) is 5. The van der Waals surface area contributed by atoms with Gasteiger partial charge in [-0.2, -0.15) is 0 Å². The normalized spacial score (nSPS) is 13.0. The summed E-state index contributed by atoms with van der Waals surface area (Å²) in [6.45, 7) is 1.07. The van der Waals surface area contributed by atoms with Gasteiger partial charge in [0, 0.05) is 9.79 Å². The van der Waals surface area contributed by atoms with Crippen molar-refractivity contribution < 1.29 is 19.4 Å². The molecule has 5 nitrogen and oxygen atoms in total. The predicted octanol–water partition coefficient (Wildman–Crippen LogP) is 2.89. The van der Waals surface area contributed by atoms with E-state index in [-0.39, 0.29) is 11.3 Å². The van der Waals surface area contributed by atoms with Gasteiger partial charge in [0.1, 0.15) is 13.2 Å². The first-order valence-electron chi connectivity index (χ1n) is 6.34. The van der Waals surface area contributed by atoms with Crippen molar-refractivity contribution in [2.45, 2.75) is 9.79 Å². The standard InChI is InChI=1S/C15H13NO4S/c16-14-10(15(17)18)2-1-3-13(14)21-9-4-5-11-12(8-9)20-7-6-19-11/h1-5,8H,6-7,16H2,(H,17,18). The summed E-state index contributed by atoms with van der Waals surface area (Å²) in [6.07, 6.45) is 0. The molecule has 108 valence electrons. The van der Waals surface area contributed by atoms with E-state index in [4.69, 9.17) is 20.3 Å². The largest absolute Gasteiger partial charge is 0.486 e. The summed E-state index contributed by atoms with van der Waals surface area (Å²) in [6, 6.07) is 10.6. The number of para-hydroxylation sites is 1. The van der Waals surface area contributed by atoms with Crippen LogP contribution in [0.15, 0.2) is 46.2 Å². The molecule has 1 heterocycles. The van der Waals surface area contributed by atoms with Crippen LogP contribution in [0.3, 0.4) is 0 Å². The highest BCUT2D eigenvalue weighted by Crippen LogP contribution is 2.39. The highest BCUT2D eigenvalue weighted by Gasteiger charge is 2.15. The number of anilines is 1. The summed E-state index contributed by atoms with van der Waals surface area (Å²) in [5, 5.41) is 9.09. The van der Waals surface area contributed by atoms with Crippen molar-refractivity contribution >= 4 is 23.4 Å². The van der Waals surface area contributed by atoms with Gasteiger partial charge in [-0.05, 0) is 30.3 Å². The Morgan fingerprint density at radius 2 is 1.90 bits per heavy atom. The van der Waals surface area contributed by atoms with Crippen LogP contribution < -0.4 is 15.2 Å². The number of ether oxygens (including phenoxy) is 2. The summed E-state index contributed by atoms with van der Waals surface area (Å²) in [5.41, 5.74) is 6.29. The second-order valence-corrected chi connectivity index (χ2v) is 5.55. The van der Waals surface area contributed by atoms with Crippen LogP contribution in [-0.2, 0) is 0 Å². The number of aromatic carboxylic acids is 1. The predicted molar refractivity (Wildman–Crippen MR) is 79.4 cm³/mol. The topological polar surface area (TPSA) is 81.8 Å². The molecule has 0 atom stereocenters. The van der Waals surface area contributed by atoms with E-state index in [1.54, 1.807) is 12.1 Å². The van der Waals surface area contributed by atoms with Gasteiger partial charge in [-0.1, -0.05) is 17.8 Å². The molecule has 0 radical (unpaired) electrons. The van der Waals surface area contributed by atoms with Crippen LogP contribution in [0.1, 0.15) is 10.4 Å². The molecular formula is C15H13NO4S. The van der Waals surface area contributed by atoms with Crippen LogP contribution in [0.2, 0.25) is 0 Å². The Hall–Kier alpha value is -2.34. The van der Waals surface area contributed by atoms with E-state index < -0.39 is 5.97 Å². The smallest absolute Gasteiger partial charge is 0.337 e. The third kappa shape index (κ3) is 2.75. The van der Waals surface area contributed by atoms with Crippen LogP contribution in [0.4, 0.5) is 5.69 Å². The number of nitrogens with two attached hydrogens (primary N) is 1. The number of hydrogen-bond donors (Lipinski definition) is 2. The summed E-state index contributed by atoms with van der Waals surface area (Å²) >= 11 is 1.39. The van der Waals surface area contributed by atoms with Gasteiger partial charge in [0.05, 0.1) is 11.3 Å². The second-order valence-electron chi connectivity index (χ2n) is 4.43. The lowest BCUT2D eigenvalue weighted by Gasteiger charge is -2.18. The Kier molecular flexibility index (Phi) is 3.62. The third-order valence-corrected chi connectivity index (χ3v) is 4.10. The molecule has 3 N–H and O–H groups in total. The molecule has 6 heteroatoms. The van der Waals surface area contributed by atoms with Gasteiger partial charge in [0.15, 0.2) is 11.5 Å². The van der Waals surface area contributed by atoms with E-state index in [0.717, 1.165) is 10.6 Å². The zero-order valence-corrected chi connectivity index (χ0v) is 11.9. The van der Waals surface area contributed by atoms with Crippen LogP contribution in [0.25, 0.3) is 0 Å². The van der Waals surface area contributed by atoms with Crippen LogP contribution in [-0.4, -0.2) is 24.3 Å².